The van der Waals surface area contributed by atoms with Gasteiger partial charge in [0.25, 0.3) is 0 Å². The Bertz CT molecular complexity index is 1500. The Morgan fingerprint density at radius 2 is 1.08 bits per heavy atom. The van der Waals surface area contributed by atoms with E-state index in [1.807, 2.05) is 88.4 Å². The number of benzene rings is 2. The average molecular weight is 735 g/mol. The first-order valence-corrected chi connectivity index (χ1v) is 18.7. The molecule has 5 atom stereocenters. The van der Waals surface area contributed by atoms with Gasteiger partial charge in [0.2, 0.25) is 29.5 Å². The summed E-state index contributed by atoms with van der Waals surface area (Å²) in [7, 11) is 0. The molecule has 2 aromatic carbocycles. The van der Waals surface area contributed by atoms with Crippen molar-refractivity contribution >= 4 is 35.6 Å². The number of hydrogen-bond donors (Lipinski definition) is 6. The average Bonchev–Trinajstić information content (AvgIpc) is 3.11. The van der Waals surface area contributed by atoms with Gasteiger partial charge >= 0.3 is 6.09 Å². The highest BCUT2D eigenvalue weighted by molar-refractivity contribution is 5.98. The van der Waals surface area contributed by atoms with Gasteiger partial charge in [-0.1, -0.05) is 102 Å². The summed E-state index contributed by atoms with van der Waals surface area (Å²) in [4.78, 5) is 81.5. The summed E-state index contributed by atoms with van der Waals surface area (Å²) in [5, 5.41) is 16.9. The second-order valence-electron chi connectivity index (χ2n) is 14.9. The van der Waals surface area contributed by atoms with Gasteiger partial charge in [0.05, 0.1) is 0 Å². The molecule has 2 aromatic rings. The number of carbonyl (C=O) groups excluding carboxylic acids is 6. The normalized spacial score (nSPS) is 21.8. The first-order valence-electron chi connectivity index (χ1n) is 18.7. The third-order valence-electron chi connectivity index (χ3n) is 8.88. The molecule has 0 aromatic heterocycles. The van der Waals surface area contributed by atoms with Crippen LogP contribution in [0.4, 0.5) is 4.79 Å². The van der Waals surface area contributed by atoms with E-state index < -0.39 is 65.8 Å². The van der Waals surface area contributed by atoms with Gasteiger partial charge in [0.15, 0.2) is 0 Å². The molecular weight excluding hydrogens is 676 g/mol. The van der Waals surface area contributed by atoms with Crippen LogP contribution < -0.4 is 31.9 Å². The summed E-state index contributed by atoms with van der Waals surface area (Å²) in [5.41, 5.74) is 1.66. The van der Waals surface area contributed by atoms with Crippen LogP contribution in [-0.2, 0) is 41.7 Å². The molecule has 13 heteroatoms. The molecule has 0 unspecified atom stereocenters. The number of unbranched alkanes of at least 4 members (excludes halogenated alkanes) is 1. The van der Waals surface area contributed by atoms with E-state index >= 15 is 0 Å². The third kappa shape index (κ3) is 14.9. The van der Waals surface area contributed by atoms with E-state index in [9.17, 15) is 28.8 Å². The third-order valence-corrected chi connectivity index (χ3v) is 8.88. The van der Waals surface area contributed by atoms with Crippen molar-refractivity contribution in [2.75, 3.05) is 6.54 Å². The van der Waals surface area contributed by atoms with E-state index in [0.717, 1.165) is 11.1 Å². The lowest BCUT2D eigenvalue weighted by Gasteiger charge is -2.28. The zero-order valence-corrected chi connectivity index (χ0v) is 31.9. The molecule has 53 heavy (non-hydrogen) atoms. The van der Waals surface area contributed by atoms with E-state index in [2.05, 4.69) is 31.9 Å². The van der Waals surface area contributed by atoms with Gasteiger partial charge in [0, 0.05) is 13.0 Å². The molecule has 1 heterocycles. The molecule has 1 saturated heterocycles. The minimum Gasteiger partial charge on any atom is -0.445 e. The molecule has 1 aliphatic heterocycles. The van der Waals surface area contributed by atoms with Gasteiger partial charge in [-0.05, 0) is 61.0 Å². The van der Waals surface area contributed by atoms with Crippen molar-refractivity contribution in [3.05, 3.63) is 71.8 Å². The molecule has 0 bridgehead atoms. The van der Waals surface area contributed by atoms with Crippen LogP contribution >= 0.6 is 0 Å². The summed E-state index contributed by atoms with van der Waals surface area (Å²) in [6.07, 6.45) is 1.26. The lowest BCUT2D eigenvalue weighted by molar-refractivity contribution is -0.135. The van der Waals surface area contributed by atoms with E-state index in [1.54, 1.807) is 13.8 Å². The van der Waals surface area contributed by atoms with Crippen molar-refractivity contribution in [2.24, 2.45) is 17.8 Å². The Hall–Kier alpha value is -4.94. The van der Waals surface area contributed by atoms with Gasteiger partial charge in [-0.2, -0.15) is 0 Å². The highest BCUT2D eigenvalue weighted by atomic mass is 16.5. The Morgan fingerprint density at radius 3 is 1.62 bits per heavy atom. The SMILES string of the molecule is CC(C)C[C@@H]1NC(=O)[C@H](Cc2ccccc2)NC(=O)[C@H](CC(C)C)NC(=O)[C@H](C(C)C)NC(=O)[C@H](CCCCNC(=O)OCc2ccccc2)NC1=O. The Labute approximate surface area is 313 Å². The Balaban J connectivity index is 1.85. The van der Waals surface area contributed by atoms with Crippen LogP contribution in [0.2, 0.25) is 0 Å². The van der Waals surface area contributed by atoms with Crippen LogP contribution in [0, 0.1) is 17.8 Å². The molecule has 0 radical (unpaired) electrons. The van der Waals surface area contributed by atoms with Gasteiger partial charge < -0.3 is 36.6 Å². The molecule has 0 aliphatic carbocycles. The maximum absolute atomic E-state index is 13.9. The fourth-order valence-corrected chi connectivity index (χ4v) is 6.04. The van der Waals surface area contributed by atoms with Gasteiger partial charge in [-0.15, -0.1) is 0 Å². The number of ether oxygens (including phenoxy) is 1. The molecule has 1 fully saturated rings. The largest absolute Gasteiger partial charge is 0.445 e. The Kier molecular flexibility index (Phi) is 17.3. The van der Waals surface area contributed by atoms with Crippen LogP contribution in [0.5, 0.6) is 0 Å². The highest BCUT2D eigenvalue weighted by Gasteiger charge is 2.35. The summed E-state index contributed by atoms with van der Waals surface area (Å²) in [5.74, 6) is -3.11. The van der Waals surface area contributed by atoms with Crippen molar-refractivity contribution in [3.63, 3.8) is 0 Å². The van der Waals surface area contributed by atoms with Crippen molar-refractivity contribution in [2.45, 2.75) is 117 Å². The van der Waals surface area contributed by atoms with Gasteiger partial charge in [0.1, 0.15) is 36.8 Å². The van der Waals surface area contributed by atoms with Crippen molar-refractivity contribution in [3.8, 4) is 0 Å². The van der Waals surface area contributed by atoms with Gasteiger partial charge in [-0.25, -0.2) is 4.79 Å². The van der Waals surface area contributed by atoms with E-state index in [4.69, 9.17) is 4.74 Å². The fraction of sp³-hybridized carbons (Fsp3) is 0.550. The number of alkyl carbamates (subject to hydrolysis) is 1. The molecule has 13 nitrogen and oxygen atoms in total. The lowest BCUT2D eigenvalue weighted by atomic mass is 9.98. The second kappa shape index (κ2) is 21.6. The van der Waals surface area contributed by atoms with Crippen molar-refractivity contribution in [1.29, 1.82) is 0 Å². The quantitative estimate of drug-likeness (QED) is 0.161. The van der Waals surface area contributed by atoms with E-state index in [-0.39, 0.29) is 50.2 Å². The van der Waals surface area contributed by atoms with Crippen LogP contribution in [0.25, 0.3) is 0 Å². The molecule has 1 aliphatic rings. The van der Waals surface area contributed by atoms with E-state index in [1.165, 1.54) is 0 Å². The molecule has 6 N–H and O–H groups in total. The first kappa shape index (κ1) is 42.5. The number of hydrogen-bond acceptors (Lipinski definition) is 7. The maximum Gasteiger partial charge on any atom is 0.407 e. The predicted molar refractivity (Wildman–Crippen MR) is 202 cm³/mol. The summed E-state index contributed by atoms with van der Waals surface area (Å²) in [6, 6.07) is 13.4. The predicted octanol–water partition coefficient (Wildman–Crippen LogP) is 3.51. The topological polar surface area (TPSA) is 184 Å². The molecule has 0 spiro atoms. The van der Waals surface area contributed by atoms with Crippen LogP contribution in [0.1, 0.15) is 84.8 Å². The smallest absolute Gasteiger partial charge is 0.407 e. The number of carbonyl (C=O) groups is 6. The fourth-order valence-electron chi connectivity index (χ4n) is 6.04. The zero-order chi connectivity index (χ0) is 38.9. The number of amides is 6. The second-order valence-corrected chi connectivity index (χ2v) is 14.9. The maximum atomic E-state index is 13.9. The lowest BCUT2D eigenvalue weighted by Crippen LogP contribution is -2.59. The molecule has 6 amide bonds. The molecule has 3 rings (SSSR count). The zero-order valence-electron chi connectivity index (χ0n) is 31.9. The first-order chi connectivity index (χ1) is 25.2. The Morgan fingerprint density at radius 1 is 0.604 bits per heavy atom. The monoisotopic (exact) mass is 734 g/mol. The molecule has 290 valence electrons. The van der Waals surface area contributed by atoms with Crippen molar-refractivity contribution in [1.82, 2.24) is 31.9 Å². The number of rotatable bonds is 14. The standard InChI is InChI=1S/C40H58N6O7/c1-25(2)21-31-36(48)42-30(19-13-14-20-41-40(52)53-24-29-17-11-8-12-18-29)35(47)46-34(27(5)6)39(51)45-32(22-26(3)4)37(49)44-33(38(50)43-31)23-28-15-9-7-10-16-28/h7-12,15-18,25-27,30-34H,13-14,19-24H2,1-6H3,(H,41,52)(H,42,48)(H,43,50)(H,44,49)(H,45,51)(H,46,47)/t30-,31-,32-,33-,34-/m0/s1. The highest BCUT2D eigenvalue weighted by Crippen LogP contribution is 2.14. The summed E-state index contributed by atoms with van der Waals surface area (Å²) < 4.78 is 5.27. The van der Waals surface area contributed by atoms with Crippen LogP contribution in [-0.4, -0.2) is 72.4 Å². The summed E-state index contributed by atoms with van der Waals surface area (Å²) in [6.45, 7) is 11.7. The van der Waals surface area contributed by atoms with Crippen LogP contribution in [0.3, 0.4) is 0 Å². The minimum absolute atomic E-state index is 0.00198. The molecule has 0 saturated carbocycles. The molecular formula is C40H58N6O7. The van der Waals surface area contributed by atoms with E-state index in [0.29, 0.717) is 19.3 Å². The number of nitrogens with one attached hydrogen (secondary N) is 6. The summed E-state index contributed by atoms with van der Waals surface area (Å²) >= 11 is 0. The van der Waals surface area contributed by atoms with Gasteiger partial charge in [-0.3, -0.25) is 24.0 Å². The van der Waals surface area contributed by atoms with Crippen molar-refractivity contribution < 1.29 is 33.5 Å². The minimum atomic E-state index is -1.05. The van der Waals surface area contributed by atoms with Crippen LogP contribution in [0.15, 0.2) is 60.7 Å².